The summed E-state index contributed by atoms with van der Waals surface area (Å²) in [5.41, 5.74) is -0.0538. The number of hydrogen-bond acceptors (Lipinski definition) is 3. The van der Waals surface area contributed by atoms with Crippen LogP contribution in [0.3, 0.4) is 0 Å². The zero-order chi connectivity index (χ0) is 17.9. The Morgan fingerprint density at radius 2 is 1.96 bits per heavy atom. The van der Waals surface area contributed by atoms with Crippen LogP contribution in [0.2, 0.25) is 10.2 Å². The summed E-state index contributed by atoms with van der Waals surface area (Å²) in [5.74, 6) is 0.423. The van der Waals surface area contributed by atoms with Crippen molar-refractivity contribution in [2.24, 2.45) is 12.0 Å². The van der Waals surface area contributed by atoms with Crippen LogP contribution in [-0.2, 0) is 26.3 Å². The quantitative estimate of drug-likeness (QED) is 0.354. The zero-order valence-corrected chi connectivity index (χ0v) is 17.8. The molecule has 0 bridgehead atoms. The lowest BCUT2D eigenvalue weighted by Crippen LogP contribution is -2.36. The molecule has 2 aromatic heterocycles. The number of aromatic nitrogens is 2. The van der Waals surface area contributed by atoms with Gasteiger partial charge in [-0.2, -0.15) is 13.2 Å². The van der Waals surface area contributed by atoms with Crippen LogP contribution in [0, 0.1) is 0 Å². The molecule has 0 saturated heterocycles. The molecule has 0 atom stereocenters. The lowest BCUT2D eigenvalue weighted by Gasteiger charge is -2.11. The van der Waals surface area contributed by atoms with Crippen LogP contribution in [0.5, 0.6) is 0 Å². The first-order valence-electron chi connectivity index (χ1n) is 6.68. The molecule has 2 aromatic rings. The molecule has 0 unspecified atom stereocenters. The van der Waals surface area contributed by atoms with E-state index in [1.165, 1.54) is 0 Å². The Balaban J connectivity index is 0.00000312. The SMILES string of the molecule is CN=C(NCc1nc(C(F)(F)F)cs1)NCc1cc(Cl)c(Cl)n1C.I. The molecule has 0 aliphatic carbocycles. The van der Waals surface area contributed by atoms with Crippen molar-refractivity contribution in [1.29, 1.82) is 0 Å². The highest BCUT2D eigenvalue weighted by Crippen LogP contribution is 2.30. The highest BCUT2D eigenvalue weighted by Gasteiger charge is 2.33. The Morgan fingerprint density at radius 1 is 1.32 bits per heavy atom. The molecule has 0 saturated carbocycles. The summed E-state index contributed by atoms with van der Waals surface area (Å²) in [7, 11) is 3.33. The summed E-state index contributed by atoms with van der Waals surface area (Å²) in [6.45, 7) is 0.531. The summed E-state index contributed by atoms with van der Waals surface area (Å²) >= 11 is 12.9. The van der Waals surface area contributed by atoms with E-state index >= 15 is 0 Å². The fourth-order valence-electron chi connectivity index (χ4n) is 1.84. The van der Waals surface area contributed by atoms with Crippen molar-refractivity contribution in [3.63, 3.8) is 0 Å². The van der Waals surface area contributed by atoms with Gasteiger partial charge in [-0.1, -0.05) is 23.2 Å². The van der Waals surface area contributed by atoms with Crippen LogP contribution >= 0.6 is 58.5 Å². The fourth-order valence-corrected chi connectivity index (χ4v) is 2.99. The molecule has 0 fully saturated rings. The van der Waals surface area contributed by atoms with Gasteiger partial charge in [0.05, 0.1) is 18.1 Å². The first kappa shape index (κ1) is 22.3. The fraction of sp³-hybridized carbons (Fsp3) is 0.385. The van der Waals surface area contributed by atoms with Crippen LogP contribution in [0.15, 0.2) is 16.4 Å². The number of nitrogens with zero attached hydrogens (tertiary/aromatic N) is 3. The average Bonchev–Trinajstić information content (AvgIpc) is 3.09. The number of hydrogen-bond donors (Lipinski definition) is 2. The molecule has 2 rings (SSSR count). The van der Waals surface area contributed by atoms with Crippen LogP contribution in [0.25, 0.3) is 0 Å². The lowest BCUT2D eigenvalue weighted by atomic mass is 10.4. The van der Waals surface area contributed by atoms with E-state index in [9.17, 15) is 13.2 Å². The van der Waals surface area contributed by atoms with Gasteiger partial charge in [0.2, 0.25) is 0 Å². The second-order valence-electron chi connectivity index (χ2n) is 4.74. The van der Waals surface area contributed by atoms with Crippen molar-refractivity contribution in [2.45, 2.75) is 19.3 Å². The van der Waals surface area contributed by atoms with Crippen LogP contribution in [0.1, 0.15) is 16.4 Å². The second-order valence-corrected chi connectivity index (χ2v) is 6.44. The van der Waals surface area contributed by atoms with Gasteiger partial charge in [-0.25, -0.2) is 4.98 Å². The van der Waals surface area contributed by atoms with Gasteiger partial charge in [-0.05, 0) is 6.07 Å². The van der Waals surface area contributed by atoms with Crippen molar-refractivity contribution in [3.8, 4) is 0 Å². The van der Waals surface area contributed by atoms with Crippen LogP contribution in [-0.4, -0.2) is 22.6 Å². The molecule has 0 spiro atoms. The molecule has 0 aliphatic rings. The van der Waals surface area contributed by atoms with Gasteiger partial charge in [0.25, 0.3) is 0 Å². The van der Waals surface area contributed by atoms with Crippen LogP contribution < -0.4 is 10.6 Å². The first-order chi connectivity index (χ1) is 11.2. The molecule has 12 heteroatoms. The predicted octanol–water partition coefficient (Wildman–Crippen LogP) is 4.29. The van der Waals surface area contributed by atoms with Crippen molar-refractivity contribution in [1.82, 2.24) is 20.2 Å². The summed E-state index contributed by atoms with van der Waals surface area (Å²) in [5, 5.41) is 8.11. The molecule has 140 valence electrons. The van der Waals surface area contributed by atoms with Gasteiger partial charge < -0.3 is 15.2 Å². The second kappa shape index (κ2) is 9.28. The third-order valence-electron chi connectivity index (χ3n) is 3.13. The average molecular weight is 528 g/mol. The Bertz CT molecular complexity index is 745. The van der Waals surface area contributed by atoms with Crippen molar-refractivity contribution in [3.05, 3.63) is 38.0 Å². The molecule has 0 radical (unpaired) electrons. The summed E-state index contributed by atoms with van der Waals surface area (Å²) < 4.78 is 39.3. The topological polar surface area (TPSA) is 54.2 Å². The molecule has 0 aliphatic heterocycles. The minimum Gasteiger partial charge on any atom is -0.351 e. The number of thiazole rings is 1. The standard InChI is InChI=1S/C13H14Cl2F3N5S.HI/c1-19-12(20-4-7-3-8(14)11(15)23(7)2)21-5-10-22-9(6-24-10)13(16,17)18;/h3,6H,4-5H2,1-2H3,(H2,19,20,21);1H. The number of nitrogens with one attached hydrogen (secondary N) is 2. The van der Waals surface area contributed by atoms with E-state index in [1.807, 2.05) is 0 Å². The van der Waals surface area contributed by atoms with E-state index in [-0.39, 0.29) is 30.5 Å². The van der Waals surface area contributed by atoms with E-state index in [2.05, 4.69) is 20.6 Å². The number of guanidine groups is 1. The van der Waals surface area contributed by atoms with Gasteiger partial charge >= 0.3 is 6.18 Å². The van der Waals surface area contributed by atoms with Gasteiger partial charge in [-0.3, -0.25) is 4.99 Å². The van der Waals surface area contributed by atoms with Gasteiger partial charge in [0.15, 0.2) is 11.7 Å². The highest BCUT2D eigenvalue weighted by molar-refractivity contribution is 14.0. The van der Waals surface area contributed by atoms with Gasteiger partial charge in [-0.15, -0.1) is 35.3 Å². The van der Waals surface area contributed by atoms with Gasteiger partial charge in [0, 0.05) is 25.2 Å². The maximum absolute atomic E-state index is 12.5. The Labute approximate surface area is 173 Å². The minimum atomic E-state index is -4.43. The number of aliphatic imine (C=N–C) groups is 1. The van der Waals surface area contributed by atoms with E-state index in [0.29, 0.717) is 27.7 Å². The largest absolute Gasteiger partial charge is 0.434 e. The smallest absolute Gasteiger partial charge is 0.351 e. The lowest BCUT2D eigenvalue weighted by molar-refractivity contribution is -0.140. The van der Waals surface area contributed by atoms with E-state index in [4.69, 9.17) is 23.2 Å². The monoisotopic (exact) mass is 527 g/mol. The van der Waals surface area contributed by atoms with Crippen molar-refractivity contribution < 1.29 is 13.2 Å². The Kier molecular flexibility index (Phi) is 8.29. The first-order valence-corrected chi connectivity index (χ1v) is 8.31. The zero-order valence-electron chi connectivity index (χ0n) is 13.1. The van der Waals surface area contributed by atoms with Crippen molar-refractivity contribution >= 4 is 64.5 Å². The molecule has 2 N–H and O–H groups in total. The summed E-state index contributed by atoms with van der Waals surface area (Å²) in [6, 6.07) is 1.72. The van der Waals surface area contributed by atoms with Gasteiger partial charge in [0.1, 0.15) is 10.2 Å². The molecular weight excluding hydrogens is 513 g/mol. The van der Waals surface area contributed by atoms with Crippen LogP contribution in [0.4, 0.5) is 13.2 Å². The molecule has 5 nitrogen and oxygen atoms in total. The van der Waals surface area contributed by atoms with Crippen molar-refractivity contribution in [2.75, 3.05) is 7.05 Å². The number of alkyl halides is 3. The third-order valence-corrected chi connectivity index (χ3v) is 4.82. The number of halogens is 6. The van der Waals surface area contributed by atoms with E-state index < -0.39 is 11.9 Å². The van der Waals surface area contributed by atoms with E-state index in [0.717, 1.165) is 22.4 Å². The minimum absolute atomic E-state index is 0. The van der Waals surface area contributed by atoms with E-state index in [1.54, 1.807) is 24.7 Å². The summed E-state index contributed by atoms with van der Waals surface area (Å²) in [6.07, 6.45) is -4.43. The Hall–Kier alpha value is -0.720. The molecular formula is C13H15Cl2F3IN5S. The Morgan fingerprint density at radius 3 is 2.44 bits per heavy atom. The highest BCUT2D eigenvalue weighted by atomic mass is 127. The maximum Gasteiger partial charge on any atom is 0.434 e. The normalized spacial score (nSPS) is 12.0. The summed E-state index contributed by atoms with van der Waals surface area (Å²) in [4.78, 5) is 7.55. The molecule has 2 heterocycles. The number of rotatable bonds is 4. The third kappa shape index (κ3) is 5.90. The predicted molar refractivity (Wildman–Crippen MR) is 105 cm³/mol. The maximum atomic E-state index is 12.5. The molecule has 0 aromatic carbocycles. The molecule has 25 heavy (non-hydrogen) atoms. The molecule has 0 amide bonds.